The molecular formula is C17H11Cl2NO3. The highest BCUT2D eigenvalue weighted by atomic mass is 35.5. The minimum atomic E-state index is -0.535. The minimum absolute atomic E-state index is 0.163. The largest absolute Gasteiger partial charge is 0.497 e. The van der Waals surface area contributed by atoms with E-state index in [9.17, 15) is 4.79 Å². The second-order valence-corrected chi connectivity index (χ2v) is 5.58. The first-order chi connectivity index (χ1) is 11.1. The number of hydrogen-bond donors (Lipinski definition) is 0. The summed E-state index contributed by atoms with van der Waals surface area (Å²) in [7, 11) is 1.55. The van der Waals surface area contributed by atoms with Gasteiger partial charge < -0.3 is 9.47 Å². The number of esters is 1. The number of carbonyl (C=O) groups is 1. The van der Waals surface area contributed by atoms with Crippen molar-refractivity contribution >= 4 is 41.1 Å². The summed E-state index contributed by atoms with van der Waals surface area (Å²) in [5, 5.41) is 0.966. The van der Waals surface area contributed by atoms with Gasteiger partial charge in [0.15, 0.2) is 5.70 Å². The first-order valence-electron chi connectivity index (χ1n) is 6.69. The van der Waals surface area contributed by atoms with Crippen LogP contribution in [0.5, 0.6) is 5.75 Å². The minimum Gasteiger partial charge on any atom is -0.497 e. The zero-order chi connectivity index (χ0) is 16.4. The highest BCUT2D eigenvalue weighted by molar-refractivity contribution is 6.34. The van der Waals surface area contributed by atoms with Gasteiger partial charge in [0.05, 0.1) is 17.7 Å². The van der Waals surface area contributed by atoms with E-state index in [4.69, 9.17) is 32.7 Å². The molecule has 116 valence electrons. The van der Waals surface area contributed by atoms with Gasteiger partial charge in [-0.3, -0.25) is 0 Å². The predicted molar refractivity (Wildman–Crippen MR) is 90.1 cm³/mol. The van der Waals surface area contributed by atoms with E-state index in [2.05, 4.69) is 4.99 Å². The maximum atomic E-state index is 12.0. The second-order valence-electron chi connectivity index (χ2n) is 4.74. The van der Waals surface area contributed by atoms with Crippen LogP contribution in [-0.2, 0) is 9.53 Å². The van der Waals surface area contributed by atoms with Crippen LogP contribution in [0.4, 0.5) is 0 Å². The van der Waals surface area contributed by atoms with Gasteiger partial charge in [0.1, 0.15) is 5.75 Å². The summed E-state index contributed by atoms with van der Waals surface area (Å²) in [4.78, 5) is 16.2. The van der Waals surface area contributed by atoms with Crippen molar-refractivity contribution in [3.8, 4) is 5.75 Å². The molecule has 0 fully saturated rings. The zero-order valence-electron chi connectivity index (χ0n) is 12.0. The van der Waals surface area contributed by atoms with Crippen LogP contribution < -0.4 is 4.74 Å². The fraction of sp³-hybridized carbons (Fsp3) is 0.0588. The van der Waals surface area contributed by atoms with Gasteiger partial charge in [0.25, 0.3) is 0 Å². The third-order valence-electron chi connectivity index (χ3n) is 3.18. The van der Waals surface area contributed by atoms with Crippen LogP contribution in [-0.4, -0.2) is 19.0 Å². The van der Waals surface area contributed by atoms with Crippen molar-refractivity contribution in [2.75, 3.05) is 7.11 Å². The van der Waals surface area contributed by atoms with Crippen LogP contribution in [0.15, 0.2) is 53.2 Å². The van der Waals surface area contributed by atoms with Crippen molar-refractivity contribution in [3.05, 3.63) is 69.3 Å². The van der Waals surface area contributed by atoms with Crippen molar-refractivity contribution in [1.82, 2.24) is 0 Å². The number of rotatable bonds is 3. The number of hydrogen-bond acceptors (Lipinski definition) is 4. The van der Waals surface area contributed by atoms with Crippen LogP contribution in [0.1, 0.15) is 11.1 Å². The average Bonchev–Trinajstić information content (AvgIpc) is 2.88. The number of methoxy groups -OCH3 is 1. The van der Waals surface area contributed by atoms with Gasteiger partial charge in [-0.15, -0.1) is 0 Å². The highest BCUT2D eigenvalue weighted by Gasteiger charge is 2.25. The highest BCUT2D eigenvalue weighted by Crippen LogP contribution is 2.27. The first-order valence-corrected chi connectivity index (χ1v) is 7.44. The van der Waals surface area contributed by atoms with E-state index in [-0.39, 0.29) is 11.6 Å². The molecule has 2 aromatic rings. The molecule has 1 heterocycles. The molecule has 23 heavy (non-hydrogen) atoms. The molecule has 0 unspecified atom stereocenters. The lowest BCUT2D eigenvalue weighted by Gasteiger charge is -2.05. The molecule has 0 saturated heterocycles. The molecule has 0 aliphatic carbocycles. The Morgan fingerprint density at radius 3 is 2.70 bits per heavy atom. The fourth-order valence-electron chi connectivity index (χ4n) is 2.07. The smallest absolute Gasteiger partial charge is 0.363 e. The van der Waals surface area contributed by atoms with Crippen LogP contribution in [0.25, 0.3) is 6.08 Å². The van der Waals surface area contributed by atoms with E-state index in [1.807, 2.05) is 6.07 Å². The molecule has 3 rings (SSSR count). The SMILES string of the molecule is COc1ccc(C2=NC(=Cc3cccc(Cl)c3)C(=O)O2)c(Cl)c1. The average molecular weight is 348 g/mol. The van der Waals surface area contributed by atoms with Gasteiger partial charge in [-0.2, -0.15) is 0 Å². The number of halogens is 2. The molecular weight excluding hydrogens is 337 g/mol. The molecule has 0 atom stereocenters. The normalized spacial score (nSPS) is 15.5. The van der Waals surface area contributed by atoms with Crippen LogP contribution in [0.3, 0.4) is 0 Å². The van der Waals surface area contributed by atoms with Crippen molar-refractivity contribution in [2.24, 2.45) is 4.99 Å². The van der Waals surface area contributed by atoms with Crippen molar-refractivity contribution in [1.29, 1.82) is 0 Å². The maximum Gasteiger partial charge on any atom is 0.363 e. The van der Waals surface area contributed by atoms with Gasteiger partial charge in [0.2, 0.25) is 5.90 Å². The molecule has 2 aromatic carbocycles. The van der Waals surface area contributed by atoms with Crippen molar-refractivity contribution in [2.45, 2.75) is 0 Å². The number of aliphatic imine (C=N–C) groups is 1. The van der Waals surface area contributed by atoms with Gasteiger partial charge in [-0.05, 0) is 42.0 Å². The van der Waals surface area contributed by atoms with E-state index in [0.717, 1.165) is 5.56 Å². The number of ether oxygens (including phenoxy) is 2. The topological polar surface area (TPSA) is 47.9 Å². The standard InChI is InChI=1S/C17H11Cl2NO3/c1-22-12-5-6-13(14(19)9-12)16-20-15(17(21)23-16)8-10-3-2-4-11(18)7-10/h2-9H,1H3. The molecule has 0 bridgehead atoms. The van der Waals surface area contributed by atoms with E-state index in [1.165, 1.54) is 0 Å². The molecule has 1 aliphatic rings. The Bertz CT molecular complexity index is 843. The molecule has 0 aromatic heterocycles. The van der Waals surface area contributed by atoms with Crippen molar-refractivity contribution in [3.63, 3.8) is 0 Å². The summed E-state index contributed by atoms with van der Waals surface area (Å²) in [6.45, 7) is 0. The quantitative estimate of drug-likeness (QED) is 0.612. The van der Waals surface area contributed by atoms with Gasteiger partial charge in [-0.25, -0.2) is 9.79 Å². The summed E-state index contributed by atoms with van der Waals surface area (Å²) < 4.78 is 10.3. The lowest BCUT2D eigenvalue weighted by atomic mass is 10.2. The molecule has 1 aliphatic heterocycles. The molecule has 0 radical (unpaired) electrons. The van der Waals surface area contributed by atoms with E-state index in [1.54, 1.807) is 49.6 Å². The van der Waals surface area contributed by atoms with Gasteiger partial charge >= 0.3 is 5.97 Å². The summed E-state index contributed by atoms with van der Waals surface area (Å²) in [5.74, 6) is 0.237. The Kier molecular flexibility index (Phi) is 4.37. The van der Waals surface area contributed by atoms with Crippen LogP contribution in [0, 0.1) is 0 Å². The zero-order valence-corrected chi connectivity index (χ0v) is 13.6. The lowest BCUT2D eigenvalue weighted by molar-refractivity contribution is -0.129. The number of nitrogens with zero attached hydrogens (tertiary/aromatic N) is 1. The van der Waals surface area contributed by atoms with Gasteiger partial charge in [-0.1, -0.05) is 35.3 Å². The third-order valence-corrected chi connectivity index (χ3v) is 3.73. The molecule has 0 saturated carbocycles. The van der Waals surface area contributed by atoms with Gasteiger partial charge in [0, 0.05) is 5.02 Å². The van der Waals surface area contributed by atoms with Crippen LogP contribution in [0.2, 0.25) is 10.0 Å². The number of benzene rings is 2. The van der Waals surface area contributed by atoms with E-state index in [0.29, 0.717) is 21.4 Å². The Hall–Kier alpha value is -2.30. The Morgan fingerprint density at radius 1 is 1.17 bits per heavy atom. The lowest BCUT2D eigenvalue weighted by Crippen LogP contribution is -2.06. The summed E-state index contributed by atoms with van der Waals surface area (Å²) in [6, 6.07) is 12.1. The summed E-state index contributed by atoms with van der Waals surface area (Å²) in [6.07, 6.45) is 1.61. The summed E-state index contributed by atoms with van der Waals surface area (Å²) in [5.41, 5.74) is 1.47. The Labute approximate surface area is 143 Å². The maximum absolute atomic E-state index is 12.0. The monoisotopic (exact) mass is 347 g/mol. The molecule has 0 spiro atoms. The number of cyclic esters (lactones) is 1. The van der Waals surface area contributed by atoms with E-state index >= 15 is 0 Å². The van der Waals surface area contributed by atoms with Crippen LogP contribution >= 0.6 is 23.2 Å². The van der Waals surface area contributed by atoms with Crippen molar-refractivity contribution < 1.29 is 14.3 Å². The molecule has 6 heteroatoms. The fourth-order valence-corrected chi connectivity index (χ4v) is 2.52. The molecule has 0 N–H and O–H groups in total. The molecule has 0 amide bonds. The first kappa shape index (κ1) is 15.6. The third kappa shape index (κ3) is 3.38. The van der Waals surface area contributed by atoms with E-state index < -0.39 is 5.97 Å². The predicted octanol–water partition coefficient (Wildman–Crippen LogP) is 4.35. The molecule has 4 nitrogen and oxygen atoms in total. The number of carbonyl (C=O) groups excluding carboxylic acids is 1. The second kappa shape index (κ2) is 6.44. The summed E-state index contributed by atoms with van der Waals surface area (Å²) >= 11 is 12.1. The Balaban J connectivity index is 1.95. The Morgan fingerprint density at radius 2 is 2.00 bits per heavy atom.